The first-order valence-corrected chi connectivity index (χ1v) is 12.1. The van der Waals surface area contributed by atoms with Crippen molar-refractivity contribution in [3.63, 3.8) is 0 Å². The first kappa shape index (κ1) is 22.4. The molecule has 7 heteroatoms. The lowest BCUT2D eigenvalue weighted by atomic mass is 9.98. The van der Waals surface area contributed by atoms with Crippen molar-refractivity contribution in [2.75, 3.05) is 13.2 Å². The summed E-state index contributed by atoms with van der Waals surface area (Å²) in [7, 11) is 0. The Morgan fingerprint density at radius 2 is 1.47 bits per heavy atom. The van der Waals surface area contributed by atoms with E-state index in [4.69, 9.17) is 4.74 Å². The molecule has 5 rings (SSSR count). The van der Waals surface area contributed by atoms with Crippen LogP contribution in [0.2, 0.25) is 0 Å². The number of amides is 2. The Hall–Kier alpha value is -3.35. The third kappa shape index (κ3) is 4.93. The number of ether oxygens (including phenoxy) is 1. The first-order chi connectivity index (χ1) is 16.5. The molecular formula is C27H30N2O5. The fourth-order valence-corrected chi connectivity index (χ4v) is 5.27. The van der Waals surface area contributed by atoms with E-state index in [9.17, 15) is 19.5 Å². The summed E-state index contributed by atoms with van der Waals surface area (Å²) >= 11 is 0. The second kappa shape index (κ2) is 9.49. The molecule has 3 aliphatic carbocycles. The lowest BCUT2D eigenvalue weighted by Crippen LogP contribution is -2.49. The molecule has 0 heterocycles. The molecule has 178 valence electrons. The molecule has 2 aromatic rings. The van der Waals surface area contributed by atoms with Crippen molar-refractivity contribution in [1.29, 1.82) is 0 Å². The molecule has 1 atom stereocenters. The molecule has 0 spiro atoms. The van der Waals surface area contributed by atoms with Crippen molar-refractivity contribution in [2.24, 2.45) is 17.8 Å². The Morgan fingerprint density at radius 1 is 0.912 bits per heavy atom. The van der Waals surface area contributed by atoms with Crippen LogP contribution in [0.15, 0.2) is 48.5 Å². The van der Waals surface area contributed by atoms with Crippen LogP contribution in [0.25, 0.3) is 11.1 Å². The maximum atomic E-state index is 12.7. The molecule has 3 aliphatic rings. The molecule has 0 saturated heterocycles. The van der Waals surface area contributed by atoms with Gasteiger partial charge in [-0.1, -0.05) is 48.5 Å². The van der Waals surface area contributed by atoms with Crippen molar-refractivity contribution in [3.05, 3.63) is 59.7 Å². The summed E-state index contributed by atoms with van der Waals surface area (Å²) in [5, 5.41) is 14.6. The fourth-order valence-electron chi connectivity index (χ4n) is 5.27. The van der Waals surface area contributed by atoms with Crippen LogP contribution in [0.1, 0.15) is 49.1 Å². The number of nitrogens with one attached hydrogen (secondary N) is 2. The zero-order valence-electron chi connectivity index (χ0n) is 19.0. The minimum absolute atomic E-state index is 0.104. The molecule has 0 bridgehead atoms. The number of carboxylic acid groups (broad SMARTS) is 1. The highest BCUT2D eigenvalue weighted by Crippen LogP contribution is 2.49. The van der Waals surface area contributed by atoms with Gasteiger partial charge in [-0.05, 0) is 65.7 Å². The zero-order chi connectivity index (χ0) is 23.7. The van der Waals surface area contributed by atoms with E-state index < -0.39 is 30.4 Å². The van der Waals surface area contributed by atoms with Gasteiger partial charge in [-0.2, -0.15) is 0 Å². The van der Waals surface area contributed by atoms with E-state index in [2.05, 4.69) is 22.8 Å². The van der Waals surface area contributed by atoms with Crippen LogP contribution in [0.5, 0.6) is 0 Å². The van der Waals surface area contributed by atoms with Crippen molar-refractivity contribution < 1.29 is 24.2 Å². The number of hydrogen-bond acceptors (Lipinski definition) is 4. The van der Waals surface area contributed by atoms with E-state index in [1.807, 2.05) is 36.4 Å². The predicted octanol–water partition coefficient (Wildman–Crippen LogP) is 3.92. The summed E-state index contributed by atoms with van der Waals surface area (Å²) in [6, 6.07) is 14.9. The molecule has 0 aromatic heterocycles. The number of benzene rings is 2. The van der Waals surface area contributed by atoms with E-state index in [0.717, 1.165) is 22.3 Å². The maximum absolute atomic E-state index is 12.7. The van der Waals surface area contributed by atoms with Gasteiger partial charge in [-0.15, -0.1) is 0 Å². The molecular weight excluding hydrogens is 432 g/mol. The highest BCUT2D eigenvalue weighted by atomic mass is 16.5. The van der Waals surface area contributed by atoms with Crippen molar-refractivity contribution in [1.82, 2.24) is 10.6 Å². The Labute approximate surface area is 198 Å². The second-order valence-electron chi connectivity index (χ2n) is 9.70. The molecule has 7 nitrogen and oxygen atoms in total. The largest absolute Gasteiger partial charge is 0.481 e. The SMILES string of the molecule is O=C(O)CC(NC(=O)OCC1c2ccccc2-c2ccccc21)C(=O)NCC(C1CC1)C1CC1. The number of aliphatic carboxylic acids is 1. The van der Waals surface area contributed by atoms with Crippen LogP contribution in [0.4, 0.5) is 4.79 Å². The van der Waals surface area contributed by atoms with Gasteiger partial charge >= 0.3 is 12.1 Å². The standard InChI is InChI=1S/C27H30N2O5/c30-25(31)13-24(26(32)28-14-22(16-9-10-16)17-11-12-17)29-27(33)34-15-23-20-7-3-1-5-18(20)19-6-2-4-8-21(19)23/h1-8,16-17,22-24H,9-15H2,(H,28,32)(H,29,33)(H,30,31). The Kier molecular flexibility index (Phi) is 6.26. The molecule has 3 N–H and O–H groups in total. The van der Waals surface area contributed by atoms with E-state index >= 15 is 0 Å². The smallest absolute Gasteiger partial charge is 0.407 e. The lowest BCUT2D eigenvalue weighted by Gasteiger charge is -2.21. The average molecular weight is 463 g/mol. The minimum Gasteiger partial charge on any atom is -0.481 e. The Morgan fingerprint density at radius 3 is 2.00 bits per heavy atom. The average Bonchev–Trinajstić information content (AvgIpc) is 3.76. The summed E-state index contributed by atoms with van der Waals surface area (Å²) in [6.07, 6.45) is 3.53. The normalized spacial score (nSPS) is 17.6. The number of alkyl carbamates (subject to hydrolysis) is 1. The van der Waals surface area contributed by atoms with Gasteiger partial charge in [0.05, 0.1) is 6.42 Å². The predicted molar refractivity (Wildman–Crippen MR) is 126 cm³/mol. The van der Waals surface area contributed by atoms with Crippen molar-refractivity contribution >= 4 is 18.0 Å². The first-order valence-electron chi connectivity index (χ1n) is 12.1. The molecule has 1 unspecified atom stereocenters. The zero-order valence-corrected chi connectivity index (χ0v) is 19.0. The highest BCUT2D eigenvalue weighted by Gasteiger charge is 2.41. The summed E-state index contributed by atoms with van der Waals surface area (Å²) in [5.41, 5.74) is 4.41. The third-order valence-electron chi connectivity index (χ3n) is 7.30. The number of carboxylic acids is 1. The van der Waals surface area contributed by atoms with E-state index in [0.29, 0.717) is 24.3 Å². The number of fused-ring (bicyclic) bond motifs is 3. The van der Waals surface area contributed by atoms with Crippen LogP contribution in [-0.2, 0) is 14.3 Å². The van der Waals surface area contributed by atoms with Gasteiger partial charge in [-0.25, -0.2) is 4.79 Å². The summed E-state index contributed by atoms with van der Waals surface area (Å²) in [6.45, 7) is 0.642. The van der Waals surface area contributed by atoms with Crippen molar-refractivity contribution in [3.8, 4) is 11.1 Å². The van der Waals surface area contributed by atoms with Crippen LogP contribution in [0.3, 0.4) is 0 Å². The molecule has 2 fully saturated rings. The Balaban J connectivity index is 1.19. The Bertz CT molecular complexity index is 1030. The lowest BCUT2D eigenvalue weighted by molar-refractivity contribution is -0.139. The quantitative estimate of drug-likeness (QED) is 0.496. The number of hydrogen-bond donors (Lipinski definition) is 3. The van der Waals surface area contributed by atoms with E-state index in [1.165, 1.54) is 25.7 Å². The third-order valence-corrected chi connectivity index (χ3v) is 7.30. The molecule has 2 amide bonds. The monoisotopic (exact) mass is 462 g/mol. The van der Waals surface area contributed by atoms with Crippen LogP contribution >= 0.6 is 0 Å². The van der Waals surface area contributed by atoms with Crippen LogP contribution in [0, 0.1) is 17.8 Å². The molecule has 2 aromatic carbocycles. The van der Waals surface area contributed by atoms with Gasteiger partial charge in [0.1, 0.15) is 12.6 Å². The summed E-state index contributed by atoms with van der Waals surface area (Å²) in [4.78, 5) is 36.7. The van der Waals surface area contributed by atoms with E-state index in [1.54, 1.807) is 0 Å². The fraction of sp³-hybridized carbons (Fsp3) is 0.444. The molecule has 2 saturated carbocycles. The summed E-state index contributed by atoms with van der Waals surface area (Å²) < 4.78 is 5.50. The van der Waals surface area contributed by atoms with Gasteiger partial charge in [0.25, 0.3) is 0 Å². The highest BCUT2D eigenvalue weighted by molar-refractivity contribution is 5.89. The number of carbonyl (C=O) groups excluding carboxylic acids is 2. The minimum atomic E-state index is -1.17. The van der Waals surface area contributed by atoms with Crippen molar-refractivity contribution in [2.45, 2.75) is 44.1 Å². The van der Waals surface area contributed by atoms with Gasteiger partial charge in [0.15, 0.2) is 0 Å². The topological polar surface area (TPSA) is 105 Å². The van der Waals surface area contributed by atoms with Crippen LogP contribution < -0.4 is 10.6 Å². The molecule has 0 radical (unpaired) electrons. The molecule has 34 heavy (non-hydrogen) atoms. The number of carbonyl (C=O) groups is 3. The van der Waals surface area contributed by atoms with Gasteiger partial charge in [0.2, 0.25) is 5.91 Å². The van der Waals surface area contributed by atoms with Gasteiger partial charge < -0.3 is 20.5 Å². The van der Waals surface area contributed by atoms with E-state index in [-0.39, 0.29) is 12.5 Å². The molecule has 0 aliphatic heterocycles. The second-order valence-corrected chi connectivity index (χ2v) is 9.70. The maximum Gasteiger partial charge on any atom is 0.407 e. The van der Waals surface area contributed by atoms with Gasteiger partial charge in [0, 0.05) is 12.5 Å². The van der Waals surface area contributed by atoms with Crippen LogP contribution in [-0.4, -0.2) is 42.3 Å². The number of rotatable bonds is 10. The van der Waals surface area contributed by atoms with Gasteiger partial charge in [-0.3, -0.25) is 9.59 Å². The summed E-state index contributed by atoms with van der Waals surface area (Å²) in [5.74, 6) is 0.0653.